The maximum Gasteiger partial charge on any atom is 0.251 e. The van der Waals surface area contributed by atoms with Gasteiger partial charge in [0.05, 0.1) is 43.4 Å². The van der Waals surface area contributed by atoms with Gasteiger partial charge in [-0.3, -0.25) is 14.4 Å². The van der Waals surface area contributed by atoms with Crippen LogP contribution in [0.2, 0.25) is 0 Å². The Labute approximate surface area is 338 Å². The minimum atomic E-state index is -0.261. The van der Waals surface area contributed by atoms with Crippen molar-refractivity contribution in [2.24, 2.45) is 5.92 Å². The van der Waals surface area contributed by atoms with Crippen molar-refractivity contribution in [3.63, 3.8) is 0 Å². The molecule has 12 heteroatoms. The fraction of sp³-hybridized carbons (Fsp3) is 0.326. The summed E-state index contributed by atoms with van der Waals surface area (Å²) in [6.45, 7) is 8.46. The van der Waals surface area contributed by atoms with Crippen LogP contribution in [0.5, 0.6) is 17.2 Å². The molecule has 4 aromatic carbocycles. The molecule has 6 aromatic rings. The molecule has 300 valence electrons. The van der Waals surface area contributed by atoms with Crippen LogP contribution in [0.15, 0.2) is 97.6 Å². The van der Waals surface area contributed by atoms with Crippen molar-refractivity contribution in [2.75, 3.05) is 41.0 Å². The molecule has 1 aliphatic heterocycles. The third-order valence-electron chi connectivity index (χ3n) is 11.3. The predicted molar refractivity (Wildman–Crippen MR) is 224 cm³/mol. The summed E-state index contributed by atoms with van der Waals surface area (Å²) in [6.07, 6.45) is 4.88. The van der Waals surface area contributed by atoms with Crippen molar-refractivity contribution >= 4 is 39.5 Å². The van der Waals surface area contributed by atoms with Crippen LogP contribution in [-0.2, 0) is 6.54 Å². The minimum Gasteiger partial charge on any atom is -0.493 e. The Morgan fingerprint density at radius 1 is 0.914 bits per heavy atom. The summed E-state index contributed by atoms with van der Waals surface area (Å²) < 4.78 is 18.2. The molecule has 1 saturated heterocycles. The van der Waals surface area contributed by atoms with Crippen molar-refractivity contribution in [3.8, 4) is 17.2 Å². The number of nitrogens with one attached hydrogen (secondary N) is 2. The van der Waals surface area contributed by atoms with Crippen LogP contribution in [-0.4, -0.2) is 88.9 Å². The van der Waals surface area contributed by atoms with Crippen LogP contribution >= 0.6 is 0 Å². The number of hydrogen-bond acceptors (Lipinski definition) is 9. The molecule has 0 saturated carbocycles. The van der Waals surface area contributed by atoms with Crippen LogP contribution in [0.4, 0.5) is 0 Å². The number of methoxy groups -OCH3 is 3. The van der Waals surface area contributed by atoms with Crippen molar-refractivity contribution in [3.05, 3.63) is 126 Å². The summed E-state index contributed by atoms with van der Waals surface area (Å²) in [5, 5.41) is 3.16. The second-order valence-electron chi connectivity index (χ2n) is 14.6. The van der Waals surface area contributed by atoms with E-state index in [1.165, 1.54) is 21.3 Å². The number of nitrogens with zero attached hydrogens (tertiary/aromatic N) is 4. The number of carbonyl (C=O) groups is 3. The number of para-hydroxylation sites is 3. The average molecular weight is 783 g/mol. The molecule has 2 unspecified atom stereocenters. The van der Waals surface area contributed by atoms with Crippen molar-refractivity contribution in [1.82, 2.24) is 29.7 Å². The van der Waals surface area contributed by atoms with E-state index in [0.29, 0.717) is 71.2 Å². The van der Waals surface area contributed by atoms with E-state index in [9.17, 15) is 14.4 Å². The number of carbonyl (C=O) groups excluding carboxylic acids is 3. The normalized spacial score (nSPS) is 14.6. The predicted octanol–water partition coefficient (Wildman–Crippen LogP) is 7.63. The molecule has 2 atom stereocenters. The molecule has 58 heavy (non-hydrogen) atoms. The summed E-state index contributed by atoms with van der Waals surface area (Å²) in [5.41, 5.74) is 4.62. The summed E-state index contributed by atoms with van der Waals surface area (Å²) in [5.74, 6) is 1.14. The van der Waals surface area contributed by atoms with Crippen molar-refractivity contribution in [2.45, 2.75) is 51.1 Å². The zero-order valence-electron chi connectivity index (χ0n) is 33.5. The number of hydrogen-bond donors (Lipinski definition) is 2. The second-order valence-corrected chi connectivity index (χ2v) is 14.6. The lowest BCUT2D eigenvalue weighted by atomic mass is 9.87. The third-order valence-corrected chi connectivity index (χ3v) is 11.3. The van der Waals surface area contributed by atoms with Crippen LogP contribution < -0.4 is 19.5 Å². The Kier molecular flexibility index (Phi) is 12.3. The van der Waals surface area contributed by atoms with Gasteiger partial charge in [-0.15, -0.1) is 6.58 Å². The maximum absolute atomic E-state index is 14.0. The molecule has 2 aromatic heterocycles. The standard InChI is InChI=1S/C46H50N6O6/c1-6-22-52-37-19-12-11-17-35(37)49-45(52)42(54)34-16-13-18-36-40(34)50-44(48-36)41(53)30-20-23-51(24-21-30)33(7-2)25-32(29-14-9-8-10-15-29)28-47-46(55)31-26-38(56-3)43(58-5)39(27-31)57-4/h6,8-19,26-27,30,32-33H,1,7,20-25,28H2,2-5H3,(H,47,55)(H,48,50). The molecule has 1 aliphatic rings. The highest BCUT2D eigenvalue weighted by molar-refractivity contribution is 6.15. The monoisotopic (exact) mass is 782 g/mol. The first-order valence-electron chi connectivity index (χ1n) is 19.8. The molecule has 0 radical (unpaired) electrons. The fourth-order valence-corrected chi connectivity index (χ4v) is 8.23. The number of piperidine rings is 1. The highest BCUT2D eigenvalue weighted by atomic mass is 16.5. The van der Waals surface area contributed by atoms with Crippen LogP contribution in [0, 0.1) is 5.92 Å². The number of aromatic nitrogens is 4. The van der Waals surface area contributed by atoms with E-state index >= 15 is 0 Å². The van der Waals surface area contributed by atoms with Crippen LogP contribution in [0.3, 0.4) is 0 Å². The molecule has 0 aliphatic carbocycles. The number of aromatic amines is 1. The highest BCUT2D eigenvalue weighted by Crippen LogP contribution is 2.38. The van der Waals surface area contributed by atoms with E-state index in [-0.39, 0.29) is 41.2 Å². The lowest BCUT2D eigenvalue weighted by Crippen LogP contribution is -2.44. The third kappa shape index (κ3) is 8.10. The van der Waals surface area contributed by atoms with E-state index in [1.54, 1.807) is 30.3 Å². The number of likely N-dealkylation sites (tertiary alicyclic amines) is 1. The Morgan fingerprint density at radius 2 is 1.62 bits per heavy atom. The SMILES string of the molecule is C=CCn1c(C(=O)c2cccc3[nH]c(C(=O)C4CCN(C(CC)CC(CNC(=O)c5cc(OC)c(OC)c(OC)c5)c5ccccc5)CC4)nc23)nc2ccccc21. The Hall–Kier alpha value is -6.27. The van der Waals surface area contributed by atoms with E-state index in [2.05, 4.69) is 45.8 Å². The molecular formula is C46H50N6O6. The molecule has 0 spiro atoms. The quantitative estimate of drug-likeness (QED) is 0.0706. The molecule has 7 rings (SSSR count). The highest BCUT2D eigenvalue weighted by Gasteiger charge is 2.32. The molecule has 1 amide bonds. The Bertz CT molecular complexity index is 2400. The zero-order valence-corrected chi connectivity index (χ0v) is 33.5. The molecule has 1 fully saturated rings. The number of allylic oxidation sites excluding steroid dienone is 1. The number of imidazole rings is 2. The lowest BCUT2D eigenvalue weighted by molar-refractivity contribution is 0.0760. The minimum absolute atomic E-state index is 0.0436. The summed E-state index contributed by atoms with van der Waals surface area (Å²) in [6, 6.07) is 26.8. The Morgan fingerprint density at radius 3 is 2.29 bits per heavy atom. The largest absolute Gasteiger partial charge is 0.493 e. The van der Waals surface area contributed by atoms with Gasteiger partial charge in [0, 0.05) is 36.5 Å². The van der Waals surface area contributed by atoms with E-state index < -0.39 is 0 Å². The number of ether oxygens (including phenoxy) is 3. The van der Waals surface area contributed by atoms with Gasteiger partial charge in [0.1, 0.15) is 5.52 Å². The first-order valence-corrected chi connectivity index (χ1v) is 19.8. The van der Waals surface area contributed by atoms with Gasteiger partial charge in [-0.05, 0) is 80.7 Å². The van der Waals surface area contributed by atoms with Crippen molar-refractivity contribution in [1.29, 1.82) is 0 Å². The number of benzene rings is 4. The number of ketones is 2. The van der Waals surface area contributed by atoms with Crippen LogP contribution in [0.25, 0.3) is 22.1 Å². The zero-order chi connectivity index (χ0) is 40.8. The van der Waals surface area contributed by atoms with Gasteiger partial charge in [-0.2, -0.15) is 0 Å². The average Bonchev–Trinajstić information content (AvgIpc) is 3.88. The summed E-state index contributed by atoms with van der Waals surface area (Å²) in [4.78, 5) is 56.6. The second kappa shape index (κ2) is 17.9. The number of Topliss-reactive ketones (excluding diaryl/α,β-unsaturated/α-hetero) is 1. The molecule has 0 bridgehead atoms. The first-order chi connectivity index (χ1) is 28.3. The van der Waals surface area contributed by atoms with Gasteiger partial charge >= 0.3 is 0 Å². The van der Waals surface area contributed by atoms with Gasteiger partial charge in [0.2, 0.25) is 17.3 Å². The number of fused-ring (bicyclic) bond motifs is 2. The van der Waals surface area contributed by atoms with E-state index in [0.717, 1.165) is 42.5 Å². The van der Waals surface area contributed by atoms with Gasteiger partial charge in [-0.1, -0.05) is 61.5 Å². The lowest BCUT2D eigenvalue weighted by Gasteiger charge is -2.38. The van der Waals surface area contributed by atoms with Gasteiger partial charge in [0.15, 0.2) is 23.1 Å². The number of amides is 1. The van der Waals surface area contributed by atoms with Gasteiger partial charge in [-0.25, -0.2) is 9.97 Å². The van der Waals surface area contributed by atoms with Crippen LogP contribution in [0.1, 0.15) is 81.2 Å². The van der Waals surface area contributed by atoms with E-state index in [4.69, 9.17) is 19.2 Å². The molecule has 12 nitrogen and oxygen atoms in total. The molecular weight excluding hydrogens is 733 g/mol. The number of H-pyrrole nitrogens is 1. The summed E-state index contributed by atoms with van der Waals surface area (Å²) in [7, 11) is 4.58. The smallest absolute Gasteiger partial charge is 0.251 e. The maximum atomic E-state index is 14.0. The topological polar surface area (TPSA) is 141 Å². The Balaban J connectivity index is 1.03. The fourth-order valence-electron chi connectivity index (χ4n) is 8.23. The molecule has 2 N–H and O–H groups in total. The first kappa shape index (κ1) is 39.9. The van der Waals surface area contributed by atoms with E-state index in [1.807, 2.05) is 53.1 Å². The van der Waals surface area contributed by atoms with Gasteiger partial charge in [0.25, 0.3) is 5.91 Å². The number of rotatable bonds is 17. The van der Waals surface area contributed by atoms with Crippen molar-refractivity contribution < 1.29 is 28.6 Å². The summed E-state index contributed by atoms with van der Waals surface area (Å²) >= 11 is 0. The molecule has 3 heterocycles. The van der Waals surface area contributed by atoms with Gasteiger partial charge < -0.3 is 34.0 Å².